The summed E-state index contributed by atoms with van der Waals surface area (Å²) in [7, 11) is 0. The Hall–Kier alpha value is -7.36. The van der Waals surface area contributed by atoms with E-state index in [9.17, 15) is 0 Å². The average molecular weight is 704 g/mol. The van der Waals surface area contributed by atoms with Crippen molar-refractivity contribution < 1.29 is 8.83 Å². The van der Waals surface area contributed by atoms with Crippen molar-refractivity contribution in [3.05, 3.63) is 200 Å². The van der Waals surface area contributed by atoms with Gasteiger partial charge in [-0.2, -0.15) is 0 Å². The Morgan fingerprint density at radius 2 is 0.818 bits per heavy atom. The minimum atomic E-state index is 0.886. The summed E-state index contributed by atoms with van der Waals surface area (Å²) in [6, 6.07) is 70.8. The second-order valence-corrected chi connectivity index (χ2v) is 14.1. The van der Waals surface area contributed by atoms with Crippen molar-refractivity contribution in [1.82, 2.24) is 0 Å². The Morgan fingerprint density at radius 1 is 0.273 bits per heavy atom. The number of hydrogen-bond acceptors (Lipinski definition) is 3. The van der Waals surface area contributed by atoms with Gasteiger partial charge < -0.3 is 13.7 Å². The molecule has 258 valence electrons. The first-order valence-electron chi connectivity index (χ1n) is 18.7. The smallest absolute Gasteiger partial charge is 0.143 e. The molecule has 55 heavy (non-hydrogen) atoms. The van der Waals surface area contributed by atoms with Crippen molar-refractivity contribution in [2.24, 2.45) is 0 Å². The van der Waals surface area contributed by atoms with Gasteiger partial charge in [-0.1, -0.05) is 140 Å². The van der Waals surface area contributed by atoms with Gasteiger partial charge in [-0.3, -0.25) is 0 Å². The van der Waals surface area contributed by atoms with E-state index in [2.05, 4.69) is 193 Å². The van der Waals surface area contributed by atoms with Gasteiger partial charge in [0.1, 0.15) is 22.3 Å². The number of rotatable bonds is 6. The topological polar surface area (TPSA) is 29.5 Å². The maximum atomic E-state index is 6.89. The Bertz CT molecular complexity index is 3180. The molecule has 11 rings (SSSR count). The quantitative estimate of drug-likeness (QED) is 0.173. The van der Waals surface area contributed by atoms with Crippen LogP contribution in [0.5, 0.6) is 0 Å². The lowest BCUT2D eigenvalue weighted by Gasteiger charge is -2.26. The number of hydrogen-bond donors (Lipinski definition) is 0. The van der Waals surface area contributed by atoms with Crippen LogP contribution in [0.15, 0.2) is 209 Å². The number of furan rings is 2. The highest BCUT2D eigenvalue weighted by Crippen LogP contribution is 2.44. The van der Waals surface area contributed by atoms with E-state index in [1.165, 1.54) is 11.1 Å². The van der Waals surface area contributed by atoms with Gasteiger partial charge >= 0.3 is 0 Å². The molecule has 0 saturated heterocycles. The van der Waals surface area contributed by atoms with E-state index in [0.717, 1.165) is 94.0 Å². The first-order valence-corrected chi connectivity index (χ1v) is 18.7. The van der Waals surface area contributed by atoms with Crippen molar-refractivity contribution in [3.8, 4) is 33.4 Å². The normalized spacial score (nSPS) is 11.6. The highest BCUT2D eigenvalue weighted by molar-refractivity contribution is 6.21. The number of para-hydroxylation sites is 3. The Labute approximate surface area is 317 Å². The molecule has 0 radical (unpaired) electrons. The van der Waals surface area contributed by atoms with Crippen molar-refractivity contribution in [3.63, 3.8) is 0 Å². The van der Waals surface area contributed by atoms with Crippen LogP contribution in [0.3, 0.4) is 0 Å². The maximum Gasteiger partial charge on any atom is 0.143 e. The molecule has 0 amide bonds. The largest absolute Gasteiger partial charge is 0.456 e. The number of benzene rings is 9. The van der Waals surface area contributed by atoms with E-state index in [1.807, 2.05) is 12.1 Å². The second kappa shape index (κ2) is 12.6. The standard InChI is InChI=1S/C52H33NO2/c1-3-12-34(13-4-1)35-22-27-39(28-23-35)53(38-14-5-2-6-15-38)40-29-24-36(25-30-40)41-19-11-20-46-48-33-47(42-16-7-8-18-45(42)52(48)55-51(41)46)37-26-31-44-43-17-9-10-21-49(43)54-50(44)32-37/h1-33H. The zero-order valence-corrected chi connectivity index (χ0v) is 29.8. The summed E-state index contributed by atoms with van der Waals surface area (Å²) >= 11 is 0. The second-order valence-electron chi connectivity index (χ2n) is 14.1. The highest BCUT2D eigenvalue weighted by atomic mass is 16.3. The van der Waals surface area contributed by atoms with E-state index in [1.54, 1.807) is 0 Å². The first-order chi connectivity index (χ1) is 27.3. The molecule has 0 bridgehead atoms. The predicted molar refractivity (Wildman–Crippen MR) is 229 cm³/mol. The van der Waals surface area contributed by atoms with Gasteiger partial charge in [0.2, 0.25) is 0 Å². The summed E-state index contributed by atoms with van der Waals surface area (Å²) in [6.45, 7) is 0. The lowest BCUT2D eigenvalue weighted by molar-refractivity contribution is 0.669. The first kappa shape index (κ1) is 31.2. The van der Waals surface area contributed by atoms with Crippen LogP contribution in [0.2, 0.25) is 0 Å². The van der Waals surface area contributed by atoms with Crippen LogP contribution < -0.4 is 4.90 Å². The third kappa shape index (κ3) is 5.20. The van der Waals surface area contributed by atoms with E-state index >= 15 is 0 Å². The molecule has 3 heteroatoms. The van der Waals surface area contributed by atoms with Gasteiger partial charge in [-0.15, -0.1) is 0 Å². The monoisotopic (exact) mass is 703 g/mol. The van der Waals surface area contributed by atoms with Gasteiger partial charge in [-0.05, 0) is 93.9 Å². The predicted octanol–water partition coefficient (Wildman–Crippen LogP) is 15.1. The molecular formula is C52H33NO2. The van der Waals surface area contributed by atoms with Crippen LogP contribution in [-0.2, 0) is 0 Å². The molecule has 0 aliphatic carbocycles. The summed E-state index contributed by atoms with van der Waals surface area (Å²) in [5.74, 6) is 0. The zero-order valence-electron chi connectivity index (χ0n) is 29.8. The third-order valence-electron chi connectivity index (χ3n) is 10.9. The molecule has 2 heterocycles. The van der Waals surface area contributed by atoms with Crippen LogP contribution >= 0.6 is 0 Å². The minimum Gasteiger partial charge on any atom is -0.456 e. The van der Waals surface area contributed by atoms with Gasteiger partial charge in [-0.25, -0.2) is 0 Å². The van der Waals surface area contributed by atoms with Gasteiger partial charge in [0.05, 0.1) is 0 Å². The van der Waals surface area contributed by atoms with Crippen LogP contribution in [0.1, 0.15) is 0 Å². The number of fused-ring (bicyclic) bond motifs is 8. The molecule has 0 unspecified atom stereocenters. The minimum absolute atomic E-state index is 0.886. The lowest BCUT2D eigenvalue weighted by atomic mass is 9.94. The summed E-state index contributed by atoms with van der Waals surface area (Å²) < 4.78 is 13.2. The highest BCUT2D eigenvalue weighted by Gasteiger charge is 2.19. The Balaban J connectivity index is 1.01. The van der Waals surface area contributed by atoms with Crippen molar-refractivity contribution >= 4 is 71.7 Å². The summed E-state index contributed by atoms with van der Waals surface area (Å²) in [4.78, 5) is 2.30. The fraction of sp³-hybridized carbons (Fsp3) is 0. The number of nitrogens with zero attached hydrogens (tertiary/aromatic N) is 1. The molecular weight excluding hydrogens is 671 g/mol. The molecule has 0 aliphatic heterocycles. The number of anilines is 3. The molecule has 2 aromatic heterocycles. The van der Waals surface area contributed by atoms with Crippen molar-refractivity contribution in [2.75, 3.05) is 4.90 Å². The molecule has 0 N–H and O–H groups in total. The molecule has 11 aromatic rings. The molecule has 0 atom stereocenters. The van der Waals surface area contributed by atoms with E-state index in [0.29, 0.717) is 0 Å². The summed E-state index contributed by atoms with van der Waals surface area (Å²) in [5, 5.41) is 6.69. The van der Waals surface area contributed by atoms with Gasteiger partial charge in [0.25, 0.3) is 0 Å². The van der Waals surface area contributed by atoms with Crippen molar-refractivity contribution in [2.45, 2.75) is 0 Å². The molecule has 0 fully saturated rings. The van der Waals surface area contributed by atoms with E-state index < -0.39 is 0 Å². The van der Waals surface area contributed by atoms with Crippen molar-refractivity contribution in [1.29, 1.82) is 0 Å². The van der Waals surface area contributed by atoms with Crippen LogP contribution in [0.4, 0.5) is 17.1 Å². The maximum absolute atomic E-state index is 6.89. The average Bonchev–Trinajstić information content (AvgIpc) is 3.83. The van der Waals surface area contributed by atoms with Crippen LogP contribution in [0, 0.1) is 0 Å². The molecule has 0 saturated carbocycles. The molecule has 0 spiro atoms. The molecule has 0 aliphatic rings. The fourth-order valence-electron chi connectivity index (χ4n) is 8.23. The summed E-state index contributed by atoms with van der Waals surface area (Å²) in [6.07, 6.45) is 0. The Kier molecular flexibility index (Phi) is 7.17. The SMILES string of the molecule is c1ccc(-c2ccc(N(c3ccccc3)c3ccc(-c4cccc5c4oc4c6ccccc6c(-c6ccc7c(c6)oc6ccccc67)cc54)cc3)cc2)cc1. The lowest BCUT2D eigenvalue weighted by Crippen LogP contribution is -2.09. The van der Waals surface area contributed by atoms with Crippen LogP contribution in [0.25, 0.3) is 88.0 Å². The van der Waals surface area contributed by atoms with Crippen LogP contribution in [-0.4, -0.2) is 0 Å². The zero-order chi connectivity index (χ0) is 36.3. The summed E-state index contributed by atoms with van der Waals surface area (Å²) in [5.41, 5.74) is 13.7. The van der Waals surface area contributed by atoms with E-state index in [4.69, 9.17) is 8.83 Å². The van der Waals surface area contributed by atoms with E-state index in [-0.39, 0.29) is 0 Å². The third-order valence-corrected chi connectivity index (χ3v) is 10.9. The Morgan fingerprint density at radius 3 is 1.58 bits per heavy atom. The van der Waals surface area contributed by atoms with Gasteiger partial charge in [0.15, 0.2) is 0 Å². The molecule has 3 nitrogen and oxygen atoms in total. The fourth-order valence-corrected chi connectivity index (χ4v) is 8.23. The van der Waals surface area contributed by atoms with Gasteiger partial charge in [0, 0.05) is 49.6 Å². The molecule has 9 aromatic carbocycles.